The van der Waals surface area contributed by atoms with Gasteiger partial charge in [-0.3, -0.25) is 0 Å². The van der Waals surface area contributed by atoms with Gasteiger partial charge in [0.05, 0.1) is 0 Å². The lowest BCUT2D eigenvalue weighted by Gasteiger charge is -2.21. The Labute approximate surface area is 114 Å². The van der Waals surface area contributed by atoms with Gasteiger partial charge in [0.25, 0.3) is 0 Å². The summed E-state index contributed by atoms with van der Waals surface area (Å²) in [6, 6.07) is 7.17. The van der Waals surface area contributed by atoms with Crippen LogP contribution < -0.4 is 5.32 Å². The van der Waals surface area contributed by atoms with E-state index in [9.17, 15) is 0 Å². The Balaban J connectivity index is 2.83. The monoisotopic (exact) mass is 297 g/mol. The summed E-state index contributed by atoms with van der Waals surface area (Å²) in [5.41, 5.74) is 2.72. The molecule has 1 aromatic carbocycles. The number of rotatable bonds is 6. The molecule has 1 aromatic rings. The summed E-state index contributed by atoms with van der Waals surface area (Å²) in [5, 5.41) is 3.65. The molecule has 0 saturated carbocycles. The normalized spacial score (nSPS) is 13.1. The summed E-state index contributed by atoms with van der Waals surface area (Å²) in [6.07, 6.45) is 2.38. The van der Waals surface area contributed by atoms with E-state index in [1.54, 1.807) is 0 Å². The first-order valence-corrected chi connectivity index (χ1v) is 7.33. The molecule has 0 aliphatic carbocycles. The van der Waals surface area contributed by atoms with Crippen LogP contribution in [-0.4, -0.2) is 6.54 Å². The lowest BCUT2D eigenvalue weighted by molar-refractivity contribution is 0.430. The van der Waals surface area contributed by atoms with E-state index in [4.69, 9.17) is 0 Å². The number of hydrogen-bond donors (Lipinski definition) is 1. The molecule has 17 heavy (non-hydrogen) atoms. The number of nitrogens with one attached hydrogen (secondary N) is 1. The van der Waals surface area contributed by atoms with Crippen molar-refractivity contribution in [1.82, 2.24) is 5.32 Å². The van der Waals surface area contributed by atoms with E-state index < -0.39 is 0 Å². The minimum absolute atomic E-state index is 0.488. The Bertz CT molecular complexity index is 347. The van der Waals surface area contributed by atoms with Crippen molar-refractivity contribution in [1.29, 1.82) is 0 Å². The molecule has 0 aromatic heterocycles. The van der Waals surface area contributed by atoms with Crippen molar-refractivity contribution >= 4 is 15.9 Å². The summed E-state index contributed by atoms with van der Waals surface area (Å²) in [6.45, 7) is 10.0. The quantitative estimate of drug-likeness (QED) is 0.792. The van der Waals surface area contributed by atoms with Gasteiger partial charge in [0, 0.05) is 10.5 Å². The van der Waals surface area contributed by atoms with Crippen molar-refractivity contribution in [2.24, 2.45) is 5.92 Å². The molecule has 1 N–H and O–H groups in total. The highest BCUT2D eigenvalue weighted by atomic mass is 79.9. The van der Waals surface area contributed by atoms with Gasteiger partial charge in [-0.2, -0.15) is 0 Å². The molecule has 0 heterocycles. The topological polar surface area (TPSA) is 12.0 Å². The first-order chi connectivity index (χ1) is 8.04. The average molecular weight is 298 g/mol. The molecule has 0 amide bonds. The summed E-state index contributed by atoms with van der Waals surface area (Å²) in [4.78, 5) is 0. The SMILES string of the molecule is CCCNC(CC(C)C)c1ccc(Br)c(C)c1. The van der Waals surface area contributed by atoms with Crippen molar-refractivity contribution in [3.05, 3.63) is 33.8 Å². The third-order valence-electron chi connectivity index (χ3n) is 2.93. The molecule has 0 radical (unpaired) electrons. The van der Waals surface area contributed by atoms with Gasteiger partial charge in [-0.05, 0) is 49.4 Å². The average Bonchev–Trinajstić information content (AvgIpc) is 2.27. The molecular formula is C15H24BrN. The van der Waals surface area contributed by atoms with Crippen LogP contribution in [0.4, 0.5) is 0 Å². The fourth-order valence-electron chi connectivity index (χ4n) is 2.01. The third kappa shape index (κ3) is 4.81. The molecule has 1 atom stereocenters. The molecule has 0 saturated heterocycles. The summed E-state index contributed by atoms with van der Waals surface area (Å²) in [7, 11) is 0. The van der Waals surface area contributed by atoms with Crippen molar-refractivity contribution in [2.75, 3.05) is 6.54 Å². The molecule has 0 aliphatic rings. The van der Waals surface area contributed by atoms with Crippen LogP contribution in [0.5, 0.6) is 0 Å². The maximum Gasteiger partial charge on any atom is 0.0322 e. The second-order valence-electron chi connectivity index (χ2n) is 5.14. The number of hydrogen-bond acceptors (Lipinski definition) is 1. The molecule has 2 heteroatoms. The summed E-state index contributed by atoms with van der Waals surface area (Å²) < 4.78 is 1.19. The van der Waals surface area contributed by atoms with Crippen LogP contribution in [0.1, 0.15) is 50.8 Å². The van der Waals surface area contributed by atoms with Crippen LogP contribution in [0.3, 0.4) is 0 Å². The van der Waals surface area contributed by atoms with Crippen molar-refractivity contribution in [3.63, 3.8) is 0 Å². The Morgan fingerprint density at radius 2 is 2.00 bits per heavy atom. The molecule has 0 fully saturated rings. The van der Waals surface area contributed by atoms with Gasteiger partial charge in [0.2, 0.25) is 0 Å². The minimum Gasteiger partial charge on any atom is -0.310 e. The number of halogens is 1. The van der Waals surface area contributed by atoms with E-state index >= 15 is 0 Å². The maximum atomic E-state index is 3.65. The zero-order valence-corrected chi connectivity index (χ0v) is 13.0. The molecule has 1 nitrogen and oxygen atoms in total. The van der Waals surface area contributed by atoms with E-state index in [1.165, 1.54) is 28.4 Å². The lowest BCUT2D eigenvalue weighted by Crippen LogP contribution is -2.23. The molecular weight excluding hydrogens is 274 g/mol. The Hall–Kier alpha value is -0.340. The fraction of sp³-hybridized carbons (Fsp3) is 0.600. The van der Waals surface area contributed by atoms with Crippen LogP contribution in [0.15, 0.2) is 22.7 Å². The molecule has 0 bridgehead atoms. The first kappa shape index (κ1) is 14.7. The smallest absolute Gasteiger partial charge is 0.0322 e. The van der Waals surface area contributed by atoms with Gasteiger partial charge in [0.15, 0.2) is 0 Å². The van der Waals surface area contributed by atoms with Gasteiger partial charge in [-0.25, -0.2) is 0 Å². The second kappa shape index (κ2) is 7.17. The highest BCUT2D eigenvalue weighted by molar-refractivity contribution is 9.10. The predicted molar refractivity (Wildman–Crippen MR) is 79.4 cm³/mol. The largest absolute Gasteiger partial charge is 0.310 e. The van der Waals surface area contributed by atoms with E-state index in [1.807, 2.05) is 0 Å². The number of benzene rings is 1. The molecule has 1 unspecified atom stereocenters. The van der Waals surface area contributed by atoms with E-state index in [0.29, 0.717) is 12.0 Å². The van der Waals surface area contributed by atoms with Gasteiger partial charge < -0.3 is 5.32 Å². The lowest BCUT2D eigenvalue weighted by atomic mass is 9.96. The van der Waals surface area contributed by atoms with Crippen LogP contribution in [0, 0.1) is 12.8 Å². The maximum absolute atomic E-state index is 3.65. The Morgan fingerprint density at radius 1 is 1.29 bits per heavy atom. The highest BCUT2D eigenvalue weighted by Crippen LogP contribution is 2.25. The van der Waals surface area contributed by atoms with Gasteiger partial charge in [0.1, 0.15) is 0 Å². The molecule has 0 spiro atoms. The molecule has 1 rings (SSSR count). The van der Waals surface area contributed by atoms with Gasteiger partial charge >= 0.3 is 0 Å². The standard InChI is InChI=1S/C15H24BrN/c1-5-8-17-15(9-11(2)3)13-6-7-14(16)12(4)10-13/h6-7,10-11,15,17H,5,8-9H2,1-4H3. The van der Waals surface area contributed by atoms with Crippen molar-refractivity contribution in [3.8, 4) is 0 Å². The highest BCUT2D eigenvalue weighted by Gasteiger charge is 2.13. The molecule has 0 aliphatic heterocycles. The third-order valence-corrected chi connectivity index (χ3v) is 3.82. The van der Waals surface area contributed by atoms with Crippen molar-refractivity contribution in [2.45, 2.75) is 46.6 Å². The minimum atomic E-state index is 0.488. The van der Waals surface area contributed by atoms with Gasteiger partial charge in [-0.1, -0.05) is 48.8 Å². The van der Waals surface area contributed by atoms with E-state index in [-0.39, 0.29) is 0 Å². The fourth-order valence-corrected chi connectivity index (χ4v) is 2.26. The Kier molecular flexibility index (Phi) is 6.21. The number of aryl methyl sites for hydroxylation is 1. The Morgan fingerprint density at radius 3 is 2.53 bits per heavy atom. The first-order valence-electron chi connectivity index (χ1n) is 6.54. The van der Waals surface area contributed by atoms with Crippen LogP contribution >= 0.6 is 15.9 Å². The zero-order valence-electron chi connectivity index (χ0n) is 11.4. The predicted octanol–water partition coefficient (Wildman–Crippen LogP) is 4.84. The second-order valence-corrected chi connectivity index (χ2v) is 6.00. The van der Waals surface area contributed by atoms with E-state index in [2.05, 4.69) is 67.1 Å². The van der Waals surface area contributed by atoms with Crippen LogP contribution in [0.25, 0.3) is 0 Å². The molecule has 96 valence electrons. The summed E-state index contributed by atoms with van der Waals surface area (Å²) in [5.74, 6) is 0.716. The van der Waals surface area contributed by atoms with Crippen molar-refractivity contribution < 1.29 is 0 Å². The van der Waals surface area contributed by atoms with E-state index in [0.717, 1.165) is 6.54 Å². The van der Waals surface area contributed by atoms with Gasteiger partial charge in [-0.15, -0.1) is 0 Å². The van der Waals surface area contributed by atoms with Crippen LogP contribution in [-0.2, 0) is 0 Å². The zero-order chi connectivity index (χ0) is 12.8. The van der Waals surface area contributed by atoms with Crippen LogP contribution in [0.2, 0.25) is 0 Å². The summed E-state index contributed by atoms with van der Waals surface area (Å²) >= 11 is 3.56.